The van der Waals surface area contributed by atoms with Crippen molar-refractivity contribution >= 4 is 29.1 Å². The molecule has 0 bridgehead atoms. The van der Waals surface area contributed by atoms with Crippen molar-refractivity contribution in [1.82, 2.24) is 4.98 Å². The Hall–Kier alpha value is -3.87. The van der Waals surface area contributed by atoms with Gasteiger partial charge >= 0.3 is 5.97 Å². The number of aryl methyl sites for hydroxylation is 4. The van der Waals surface area contributed by atoms with Gasteiger partial charge in [0.25, 0.3) is 0 Å². The molecule has 1 atom stereocenters. The van der Waals surface area contributed by atoms with Crippen molar-refractivity contribution in [2.45, 2.75) is 44.3 Å². The fourth-order valence-electron chi connectivity index (χ4n) is 4.67. The minimum Gasteiger partial charge on any atom is -0.482 e. The molecule has 208 valence electrons. The van der Waals surface area contributed by atoms with Crippen LogP contribution < -0.4 is 4.74 Å². The maximum absolute atomic E-state index is 11.0. The van der Waals surface area contributed by atoms with Crippen molar-refractivity contribution in [3.63, 3.8) is 0 Å². The van der Waals surface area contributed by atoms with E-state index >= 15 is 0 Å². The monoisotopic (exact) mass is 579 g/mol. The third-order valence-corrected chi connectivity index (χ3v) is 9.64. The van der Waals surface area contributed by atoms with E-state index in [1.54, 1.807) is 11.3 Å². The molecule has 5 aromatic rings. The number of nitrogens with zero attached hydrogens (tertiary/aromatic N) is 1. The number of thiazole rings is 1. The van der Waals surface area contributed by atoms with Crippen LogP contribution in [-0.2, 0) is 11.2 Å². The van der Waals surface area contributed by atoms with Crippen LogP contribution in [0.25, 0.3) is 21.7 Å². The van der Waals surface area contributed by atoms with Gasteiger partial charge in [-0.15, -0.1) is 23.1 Å². The van der Waals surface area contributed by atoms with Crippen molar-refractivity contribution in [3.8, 4) is 27.4 Å². The van der Waals surface area contributed by atoms with Gasteiger partial charge in [-0.1, -0.05) is 83.9 Å². The highest BCUT2D eigenvalue weighted by Crippen LogP contribution is 2.44. The average molecular weight is 580 g/mol. The summed E-state index contributed by atoms with van der Waals surface area (Å²) in [6.45, 7) is 7.91. The van der Waals surface area contributed by atoms with Crippen LogP contribution in [0.1, 0.15) is 38.1 Å². The number of thioether (sulfide) groups is 1. The van der Waals surface area contributed by atoms with Crippen molar-refractivity contribution in [2.24, 2.45) is 0 Å². The van der Waals surface area contributed by atoms with Crippen LogP contribution in [0.15, 0.2) is 95.9 Å². The molecule has 0 aliphatic heterocycles. The van der Waals surface area contributed by atoms with E-state index in [0.717, 1.165) is 33.1 Å². The molecule has 41 heavy (non-hydrogen) atoms. The molecule has 0 radical (unpaired) electrons. The summed E-state index contributed by atoms with van der Waals surface area (Å²) in [5.41, 5.74) is 9.29. The van der Waals surface area contributed by atoms with Gasteiger partial charge in [0.1, 0.15) is 10.8 Å². The Labute approximate surface area is 250 Å². The summed E-state index contributed by atoms with van der Waals surface area (Å²) in [4.78, 5) is 18.3. The molecule has 6 heteroatoms. The lowest BCUT2D eigenvalue weighted by Crippen LogP contribution is -2.10. The molecule has 0 saturated heterocycles. The smallest absolute Gasteiger partial charge is 0.341 e. The van der Waals surface area contributed by atoms with E-state index in [2.05, 4.69) is 99.6 Å². The van der Waals surface area contributed by atoms with Crippen molar-refractivity contribution in [3.05, 3.63) is 124 Å². The van der Waals surface area contributed by atoms with Crippen LogP contribution in [-0.4, -0.2) is 22.7 Å². The Bertz CT molecular complexity index is 1640. The summed E-state index contributed by atoms with van der Waals surface area (Å²) < 4.78 is 5.46. The van der Waals surface area contributed by atoms with E-state index in [0.29, 0.717) is 5.75 Å². The average Bonchev–Trinajstić information content (AvgIpc) is 3.35. The highest BCUT2D eigenvalue weighted by Gasteiger charge is 2.22. The van der Waals surface area contributed by atoms with Crippen LogP contribution in [0.5, 0.6) is 5.75 Å². The highest BCUT2D eigenvalue weighted by atomic mass is 32.2. The number of carboxylic acid groups (broad SMARTS) is 1. The van der Waals surface area contributed by atoms with E-state index < -0.39 is 5.97 Å². The lowest BCUT2D eigenvalue weighted by Gasteiger charge is -2.18. The number of benzene rings is 4. The second-order valence-electron chi connectivity index (χ2n) is 10.3. The standard InChI is InChI=1S/C35H33NO3S2/c1-22-5-11-27(12-6-22)28-15-9-26(10-16-28)20-32(40-30-17-18-31(24(3)19-30)39-21-33(37)38)34-25(4)36-35(41-34)29-13-7-23(2)8-14-29/h5-19,32H,20-21H2,1-4H3,(H,37,38). The zero-order chi connectivity index (χ0) is 28.9. The molecule has 0 saturated carbocycles. The minimum absolute atomic E-state index is 0.155. The van der Waals surface area contributed by atoms with Gasteiger partial charge in [0.2, 0.25) is 0 Å². The van der Waals surface area contributed by atoms with Gasteiger partial charge in [-0.25, -0.2) is 9.78 Å². The number of hydrogen-bond donors (Lipinski definition) is 1. The Morgan fingerprint density at radius 1 is 0.829 bits per heavy atom. The molecule has 0 aliphatic rings. The zero-order valence-corrected chi connectivity index (χ0v) is 25.3. The lowest BCUT2D eigenvalue weighted by atomic mass is 10.0. The Kier molecular flexibility index (Phi) is 8.91. The van der Waals surface area contributed by atoms with Crippen molar-refractivity contribution in [2.75, 3.05) is 6.61 Å². The number of carbonyl (C=O) groups is 1. The van der Waals surface area contributed by atoms with Crippen LogP contribution in [0.2, 0.25) is 0 Å². The van der Waals surface area contributed by atoms with Gasteiger partial charge in [-0.3, -0.25) is 0 Å². The predicted molar refractivity (Wildman–Crippen MR) is 170 cm³/mol. The molecular formula is C35H33NO3S2. The molecule has 1 heterocycles. The van der Waals surface area contributed by atoms with Gasteiger partial charge in [-0.05, 0) is 74.6 Å². The third-order valence-electron chi connectivity index (χ3n) is 6.96. The highest BCUT2D eigenvalue weighted by molar-refractivity contribution is 7.99. The number of carboxylic acids is 1. The molecule has 1 aromatic heterocycles. The van der Waals surface area contributed by atoms with Gasteiger partial charge in [0, 0.05) is 20.6 Å². The third kappa shape index (κ3) is 7.26. The summed E-state index contributed by atoms with van der Waals surface area (Å²) in [5, 5.41) is 10.2. The fraction of sp³-hybridized carbons (Fsp3) is 0.200. The molecule has 0 spiro atoms. The van der Waals surface area contributed by atoms with E-state index in [4.69, 9.17) is 14.8 Å². The second-order valence-corrected chi connectivity index (χ2v) is 12.6. The summed E-state index contributed by atoms with van der Waals surface area (Å²) in [6.07, 6.45) is 0.853. The number of ether oxygens (including phenoxy) is 1. The Morgan fingerprint density at radius 2 is 1.41 bits per heavy atom. The molecule has 0 amide bonds. The molecule has 4 aromatic carbocycles. The molecule has 0 aliphatic carbocycles. The molecule has 5 rings (SSSR count). The van der Waals surface area contributed by atoms with Gasteiger partial charge in [0.15, 0.2) is 6.61 Å². The summed E-state index contributed by atoms with van der Waals surface area (Å²) in [7, 11) is 0. The zero-order valence-electron chi connectivity index (χ0n) is 23.7. The quantitative estimate of drug-likeness (QED) is 0.167. The lowest BCUT2D eigenvalue weighted by molar-refractivity contribution is -0.139. The Morgan fingerprint density at radius 3 is 2.00 bits per heavy atom. The Balaban J connectivity index is 1.44. The second kappa shape index (κ2) is 12.8. The fourth-order valence-corrected chi connectivity index (χ4v) is 7.28. The number of aromatic nitrogens is 1. The first-order valence-electron chi connectivity index (χ1n) is 13.6. The van der Waals surface area contributed by atoms with Gasteiger partial charge in [0.05, 0.1) is 5.69 Å². The number of rotatable bonds is 10. The van der Waals surface area contributed by atoms with Crippen LogP contribution in [0.3, 0.4) is 0 Å². The minimum atomic E-state index is -0.985. The topological polar surface area (TPSA) is 59.4 Å². The summed E-state index contributed by atoms with van der Waals surface area (Å²) >= 11 is 3.57. The predicted octanol–water partition coefficient (Wildman–Crippen LogP) is 9.25. The van der Waals surface area contributed by atoms with Gasteiger partial charge < -0.3 is 9.84 Å². The molecule has 0 fully saturated rings. The number of aliphatic carboxylic acids is 1. The molecular weight excluding hydrogens is 547 g/mol. The first kappa shape index (κ1) is 28.7. The van der Waals surface area contributed by atoms with E-state index in [1.807, 2.05) is 30.8 Å². The summed E-state index contributed by atoms with van der Waals surface area (Å²) in [6, 6.07) is 32.0. The van der Waals surface area contributed by atoms with Crippen LogP contribution in [0.4, 0.5) is 0 Å². The van der Waals surface area contributed by atoms with Crippen LogP contribution >= 0.6 is 23.1 Å². The molecule has 1 unspecified atom stereocenters. The maximum atomic E-state index is 11.0. The van der Waals surface area contributed by atoms with Crippen molar-refractivity contribution in [1.29, 1.82) is 0 Å². The normalized spacial score (nSPS) is 11.8. The molecule has 1 N–H and O–H groups in total. The molecule has 4 nitrogen and oxygen atoms in total. The van der Waals surface area contributed by atoms with E-state index in [9.17, 15) is 4.79 Å². The first-order valence-corrected chi connectivity index (χ1v) is 15.3. The van der Waals surface area contributed by atoms with Gasteiger partial charge in [-0.2, -0.15) is 0 Å². The first-order chi connectivity index (χ1) is 19.7. The largest absolute Gasteiger partial charge is 0.482 e. The maximum Gasteiger partial charge on any atom is 0.341 e. The SMILES string of the molecule is Cc1ccc(-c2ccc(CC(Sc3ccc(OCC(=O)O)c(C)c3)c3sc(-c4ccc(C)cc4)nc3C)cc2)cc1. The van der Waals surface area contributed by atoms with Crippen LogP contribution in [0, 0.1) is 27.7 Å². The van der Waals surface area contributed by atoms with Crippen molar-refractivity contribution < 1.29 is 14.6 Å². The van der Waals surface area contributed by atoms with E-state index in [1.165, 1.54) is 32.7 Å². The number of hydrogen-bond acceptors (Lipinski definition) is 5. The van der Waals surface area contributed by atoms with E-state index in [-0.39, 0.29) is 11.9 Å². The summed E-state index contributed by atoms with van der Waals surface area (Å²) in [5.74, 6) is -0.392.